The third-order valence-corrected chi connectivity index (χ3v) is 4.08. The van der Waals surface area contributed by atoms with Crippen molar-refractivity contribution in [1.29, 1.82) is 0 Å². The van der Waals surface area contributed by atoms with Crippen molar-refractivity contribution in [1.82, 2.24) is 19.7 Å². The molecule has 12 nitrogen and oxygen atoms in total. The maximum absolute atomic E-state index is 11.8. The van der Waals surface area contributed by atoms with Crippen LogP contribution in [0.1, 0.15) is 23.6 Å². The number of nitrogens with two attached hydrogens (primary N) is 1. The molecule has 0 aromatic carbocycles. The number of carbonyl (C=O) groups excluding carboxylic acids is 1. The summed E-state index contributed by atoms with van der Waals surface area (Å²) in [5.41, 5.74) is 6.02. The van der Waals surface area contributed by atoms with E-state index >= 15 is 0 Å². The highest BCUT2D eigenvalue weighted by Gasteiger charge is 2.54. The Kier molecular flexibility index (Phi) is 4.30. The molecule has 1 aliphatic rings. The Morgan fingerprint density at radius 2 is 2.28 bits per heavy atom. The predicted molar refractivity (Wildman–Crippen MR) is 82.1 cm³/mol. The first-order valence-corrected chi connectivity index (χ1v) is 7.31. The highest BCUT2D eigenvalue weighted by molar-refractivity contribution is 6.07. The van der Waals surface area contributed by atoms with Gasteiger partial charge in [-0.15, -0.1) is 0 Å². The topological polar surface area (TPSA) is 178 Å². The lowest BCUT2D eigenvalue weighted by Gasteiger charge is -2.26. The number of anilines is 1. The van der Waals surface area contributed by atoms with Gasteiger partial charge >= 0.3 is 0 Å². The van der Waals surface area contributed by atoms with Crippen LogP contribution in [0.15, 0.2) is 6.33 Å². The molecule has 4 unspecified atom stereocenters. The molecular formula is C13H18N6O6. The van der Waals surface area contributed by atoms with Crippen LogP contribution in [0.3, 0.4) is 0 Å². The van der Waals surface area contributed by atoms with Crippen molar-refractivity contribution in [3.05, 3.63) is 12.0 Å². The van der Waals surface area contributed by atoms with Crippen LogP contribution in [-0.4, -0.2) is 72.5 Å². The number of rotatable bonds is 5. The molecule has 0 bridgehead atoms. The van der Waals surface area contributed by atoms with Crippen LogP contribution in [0.2, 0.25) is 0 Å². The zero-order valence-electron chi connectivity index (χ0n) is 13.4. The molecule has 3 rings (SSSR count). The van der Waals surface area contributed by atoms with Crippen molar-refractivity contribution in [2.45, 2.75) is 31.0 Å². The first kappa shape index (κ1) is 17.4. The Balaban J connectivity index is 2.21. The van der Waals surface area contributed by atoms with Gasteiger partial charge in [0.05, 0.1) is 19.1 Å². The van der Waals surface area contributed by atoms with Crippen LogP contribution in [0.4, 0.5) is 5.82 Å². The van der Waals surface area contributed by atoms with Gasteiger partial charge in [-0.3, -0.25) is 9.63 Å². The molecule has 12 heteroatoms. The average molecular weight is 354 g/mol. The summed E-state index contributed by atoms with van der Waals surface area (Å²) >= 11 is 0. The molecule has 1 fully saturated rings. The lowest BCUT2D eigenvalue weighted by Crippen LogP contribution is -2.44. The van der Waals surface area contributed by atoms with Crippen molar-refractivity contribution in [2.24, 2.45) is 5.73 Å². The molecule has 0 aliphatic carbocycles. The zero-order chi connectivity index (χ0) is 18.4. The van der Waals surface area contributed by atoms with E-state index in [0.29, 0.717) is 0 Å². The number of primary amides is 1. The monoisotopic (exact) mass is 354 g/mol. The van der Waals surface area contributed by atoms with Crippen molar-refractivity contribution in [3.63, 3.8) is 0 Å². The molecule has 3 heterocycles. The Morgan fingerprint density at radius 1 is 1.56 bits per heavy atom. The summed E-state index contributed by atoms with van der Waals surface area (Å²) in [6, 6.07) is 0. The SMILES string of the molecule is CONc1ncnc2c1c(C(N)=O)nn2C1OC(CO)C(O)C1(C)O. The number of ether oxygens (including phenoxy) is 1. The average Bonchev–Trinajstić information content (AvgIpc) is 3.05. The highest BCUT2D eigenvalue weighted by Crippen LogP contribution is 2.39. The normalized spacial score (nSPS) is 29.2. The third kappa shape index (κ3) is 2.60. The summed E-state index contributed by atoms with van der Waals surface area (Å²) < 4.78 is 6.63. The summed E-state index contributed by atoms with van der Waals surface area (Å²) in [6.07, 6.45) is -2.44. The zero-order valence-corrected chi connectivity index (χ0v) is 13.4. The van der Waals surface area contributed by atoms with Gasteiger partial charge in [0.1, 0.15) is 24.1 Å². The van der Waals surface area contributed by atoms with Crippen LogP contribution in [0, 0.1) is 0 Å². The molecule has 0 saturated carbocycles. The second-order valence-corrected chi connectivity index (χ2v) is 5.76. The number of aliphatic hydroxyl groups is 3. The van der Waals surface area contributed by atoms with Crippen LogP contribution in [0.25, 0.3) is 11.0 Å². The highest BCUT2D eigenvalue weighted by atomic mass is 16.6. The molecule has 136 valence electrons. The van der Waals surface area contributed by atoms with E-state index in [2.05, 4.69) is 20.5 Å². The quantitative estimate of drug-likeness (QED) is 0.373. The molecule has 0 spiro atoms. The van der Waals surface area contributed by atoms with Gasteiger partial charge in [0, 0.05) is 0 Å². The minimum Gasteiger partial charge on any atom is -0.394 e. The number of hydrogen-bond acceptors (Lipinski definition) is 10. The fourth-order valence-electron chi connectivity index (χ4n) is 2.83. The number of nitrogens with one attached hydrogen (secondary N) is 1. The fraction of sp³-hybridized carbons (Fsp3) is 0.538. The van der Waals surface area contributed by atoms with Gasteiger partial charge in [0.25, 0.3) is 5.91 Å². The molecule has 1 amide bonds. The maximum Gasteiger partial charge on any atom is 0.270 e. The minimum absolute atomic E-state index is 0.124. The second-order valence-electron chi connectivity index (χ2n) is 5.76. The standard InChI is InChI=1S/C13H18N6O6/c1-13(23)8(21)5(3-20)25-12(13)19-11-6(7(17-19)9(14)22)10(18-24-2)15-4-16-11/h4-5,8,12,20-21,23H,3H2,1-2H3,(H2,14,22)(H,15,16,18). The lowest BCUT2D eigenvalue weighted by molar-refractivity contribution is -0.100. The molecule has 1 saturated heterocycles. The van der Waals surface area contributed by atoms with Gasteiger partial charge in [0.15, 0.2) is 23.4 Å². The van der Waals surface area contributed by atoms with Crippen molar-refractivity contribution in [3.8, 4) is 0 Å². The Bertz CT molecular complexity index is 808. The molecule has 1 aliphatic heterocycles. The lowest BCUT2D eigenvalue weighted by atomic mass is 9.97. The predicted octanol–water partition coefficient (Wildman–Crippen LogP) is -2.10. The number of amides is 1. The minimum atomic E-state index is -1.80. The third-order valence-electron chi connectivity index (χ3n) is 4.08. The van der Waals surface area contributed by atoms with Gasteiger partial charge < -0.3 is 25.8 Å². The van der Waals surface area contributed by atoms with E-state index in [0.717, 1.165) is 4.68 Å². The number of nitrogens with zero attached hydrogens (tertiary/aromatic N) is 4. The summed E-state index contributed by atoms with van der Waals surface area (Å²) in [5, 5.41) is 34.3. The van der Waals surface area contributed by atoms with Gasteiger partial charge in [-0.1, -0.05) is 0 Å². The maximum atomic E-state index is 11.8. The van der Waals surface area contributed by atoms with Gasteiger partial charge in [0.2, 0.25) is 0 Å². The molecule has 4 atom stereocenters. The van der Waals surface area contributed by atoms with E-state index < -0.39 is 36.6 Å². The number of fused-ring (bicyclic) bond motifs is 1. The second kappa shape index (κ2) is 6.16. The van der Waals surface area contributed by atoms with Gasteiger partial charge in [-0.05, 0) is 6.92 Å². The first-order valence-electron chi connectivity index (χ1n) is 7.31. The smallest absolute Gasteiger partial charge is 0.270 e. The van der Waals surface area contributed by atoms with E-state index in [1.54, 1.807) is 0 Å². The summed E-state index contributed by atoms with van der Waals surface area (Å²) in [7, 11) is 1.36. The number of hydrogen-bond donors (Lipinski definition) is 5. The van der Waals surface area contributed by atoms with E-state index in [9.17, 15) is 20.1 Å². The van der Waals surface area contributed by atoms with Crippen molar-refractivity contribution in [2.75, 3.05) is 19.2 Å². The molecular weight excluding hydrogens is 336 g/mol. The van der Waals surface area contributed by atoms with E-state index in [-0.39, 0.29) is 22.5 Å². The Labute approximate surface area is 141 Å². The fourth-order valence-corrected chi connectivity index (χ4v) is 2.83. The van der Waals surface area contributed by atoms with E-state index in [1.165, 1.54) is 20.4 Å². The van der Waals surface area contributed by atoms with Crippen LogP contribution >= 0.6 is 0 Å². The summed E-state index contributed by atoms with van der Waals surface area (Å²) in [6.45, 7) is 0.812. The summed E-state index contributed by atoms with van der Waals surface area (Å²) in [5.74, 6) is -0.709. The molecule has 6 N–H and O–H groups in total. The largest absolute Gasteiger partial charge is 0.394 e. The number of aromatic nitrogens is 4. The van der Waals surface area contributed by atoms with E-state index in [4.69, 9.17) is 15.3 Å². The first-order chi connectivity index (χ1) is 11.8. The molecule has 25 heavy (non-hydrogen) atoms. The molecule has 2 aromatic rings. The van der Waals surface area contributed by atoms with Crippen molar-refractivity contribution < 1.29 is 29.7 Å². The molecule has 2 aromatic heterocycles. The van der Waals surface area contributed by atoms with Crippen LogP contribution in [0.5, 0.6) is 0 Å². The number of carbonyl (C=O) groups is 1. The van der Waals surface area contributed by atoms with E-state index in [1.807, 2.05) is 0 Å². The molecule has 0 radical (unpaired) electrons. The summed E-state index contributed by atoms with van der Waals surface area (Å²) in [4.78, 5) is 24.6. The Hall–Kier alpha value is -2.38. The Morgan fingerprint density at radius 3 is 2.84 bits per heavy atom. The van der Waals surface area contributed by atoms with Crippen LogP contribution < -0.4 is 11.2 Å². The number of aliphatic hydroxyl groups excluding tert-OH is 2. The van der Waals surface area contributed by atoms with Gasteiger partial charge in [-0.2, -0.15) is 5.10 Å². The van der Waals surface area contributed by atoms with Crippen molar-refractivity contribution >= 4 is 22.8 Å². The van der Waals surface area contributed by atoms with Gasteiger partial charge in [-0.25, -0.2) is 20.1 Å². The van der Waals surface area contributed by atoms with Crippen LogP contribution in [-0.2, 0) is 9.57 Å².